The summed E-state index contributed by atoms with van der Waals surface area (Å²) in [4.78, 5) is 4.81. The monoisotopic (exact) mass is 287 g/mol. The Labute approximate surface area is 109 Å². The van der Waals surface area contributed by atoms with E-state index in [1.165, 1.54) is 22.3 Å². The van der Waals surface area contributed by atoms with Crippen LogP contribution in [-0.2, 0) is 30.2 Å². The van der Waals surface area contributed by atoms with Gasteiger partial charge in [0.05, 0.1) is 11.4 Å². The van der Waals surface area contributed by atoms with Crippen molar-refractivity contribution < 1.29 is 8.42 Å². The highest BCUT2D eigenvalue weighted by molar-refractivity contribution is 7.89. The highest BCUT2D eigenvalue weighted by atomic mass is 32.2. The van der Waals surface area contributed by atoms with Crippen molar-refractivity contribution >= 4 is 21.4 Å². The zero-order valence-electron chi connectivity index (χ0n) is 9.70. The van der Waals surface area contributed by atoms with Crippen molar-refractivity contribution in [2.75, 3.05) is 0 Å². The Morgan fingerprint density at radius 2 is 2.33 bits per heavy atom. The predicted octanol–water partition coefficient (Wildman–Crippen LogP) is -0.186. The van der Waals surface area contributed by atoms with Crippen molar-refractivity contribution in [3.8, 4) is 0 Å². The highest BCUT2D eigenvalue weighted by Gasteiger charge is 2.19. The lowest BCUT2D eigenvalue weighted by atomic mass is 10.5. The van der Waals surface area contributed by atoms with Crippen molar-refractivity contribution in [2.24, 2.45) is 12.8 Å². The number of aromatic nitrogens is 3. The molecule has 0 bridgehead atoms. The van der Waals surface area contributed by atoms with Crippen molar-refractivity contribution in [1.29, 1.82) is 0 Å². The van der Waals surface area contributed by atoms with E-state index in [0.29, 0.717) is 10.7 Å². The lowest BCUT2D eigenvalue weighted by Gasteiger charge is -2.04. The molecule has 0 aliphatic heterocycles. The van der Waals surface area contributed by atoms with Gasteiger partial charge in [-0.1, -0.05) is 0 Å². The Morgan fingerprint density at radius 3 is 2.94 bits per heavy atom. The molecule has 2 aromatic rings. The molecule has 0 radical (unpaired) electrons. The lowest BCUT2D eigenvalue weighted by molar-refractivity contribution is 0.578. The summed E-state index contributed by atoms with van der Waals surface area (Å²) in [5, 5.41) is 5.70. The molecule has 98 valence electrons. The summed E-state index contributed by atoms with van der Waals surface area (Å²) in [5.41, 5.74) is 5.49. The SMILES string of the molecule is Cn1cnc(CNS(=O)(=O)c2ccsc2CN)n1. The number of nitrogens with two attached hydrogens (primary N) is 1. The molecular formula is C9H13N5O2S2. The Morgan fingerprint density at radius 1 is 1.56 bits per heavy atom. The van der Waals surface area contributed by atoms with E-state index in [-0.39, 0.29) is 18.0 Å². The maximum absolute atomic E-state index is 12.0. The first kappa shape index (κ1) is 13.1. The summed E-state index contributed by atoms with van der Waals surface area (Å²) in [7, 11) is -1.84. The Balaban J connectivity index is 2.13. The summed E-state index contributed by atoms with van der Waals surface area (Å²) < 4.78 is 28.0. The second kappa shape index (κ2) is 5.14. The molecule has 9 heteroatoms. The molecule has 0 fully saturated rings. The standard InChI is InChI=1S/C9H13N5O2S2/c1-14-6-11-9(13-14)5-12-18(15,16)8-2-3-17-7(8)4-10/h2-3,6,12H,4-5,10H2,1H3. The van der Waals surface area contributed by atoms with Crippen LogP contribution in [0.5, 0.6) is 0 Å². The van der Waals surface area contributed by atoms with E-state index < -0.39 is 10.0 Å². The van der Waals surface area contributed by atoms with E-state index in [9.17, 15) is 8.42 Å². The number of rotatable bonds is 5. The first-order valence-corrected chi connectivity index (χ1v) is 7.50. The summed E-state index contributed by atoms with van der Waals surface area (Å²) in [6.07, 6.45) is 1.51. The van der Waals surface area contributed by atoms with Crippen LogP contribution in [0.25, 0.3) is 0 Å². The van der Waals surface area contributed by atoms with Crippen LogP contribution in [0.4, 0.5) is 0 Å². The van der Waals surface area contributed by atoms with Crippen LogP contribution in [0, 0.1) is 0 Å². The van der Waals surface area contributed by atoms with Gasteiger partial charge >= 0.3 is 0 Å². The van der Waals surface area contributed by atoms with E-state index in [0.717, 1.165) is 0 Å². The van der Waals surface area contributed by atoms with Gasteiger partial charge in [-0.2, -0.15) is 5.10 Å². The van der Waals surface area contributed by atoms with Gasteiger partial charge in [-0.05, 0) is 11.4 Å². The molecule has 0 saturated heterocycles. The van der Waals surface area contributed by atoms with E-state index in [4.69, 9.17) is 5.73 Å². The molecule has 0 amide bonds. The number of thiophene rings is 1. The highest BCUT2D eigenvalue weighted by Crippen LogP contribution is 2.21. The van der Waals surface area contributed by atoms with E-state index in [1.807, 2.05) is 0 Å². The smallest absolute Gasteiger partial charge is 0.242 e. The Kier molecular flexibility index (Phi) is 3.76. The number of nitrogens with one attached hydrogen (secondary N) is 1. The topological polar surface area (TPSA) is 103 Å². The average molecular weight is 287 g/mol. The summed E-state index contributed by atoms with van der Waals surface area (Å²) in [6, 6.07) is 1.54. The quantitative estimate of drug-likeness (QED) is 0.793. The fraction of sp³-hybridized carbons (Fsp3) is 0.333. The molecule has 2 aromatic heterocycles. The molecule has 0 spiro atoms. The van der Waals surface area contributed by atoms with Crippen LogP contribution in [-0.4, -0.2) is 23.2 Å². The number of hydrogen-bond donors (Lipinski definition) is 2. The number of nitrogens with zero attached hydrogens (tertiary/aromatic N) is 3. The zero-order valence-corrected chi connectivity index (χ0v) is 11.3. The normalized spacial score (nSPS) is 11.9. The lowest BCUT2D eigenvalue weighted by Crippen LogP contribution is -2.24. The van der Waals surface area contributed by atoms with Gasteiger partial charge in [0.1, 0.15) is 6.33 Å². The molecule has 18 heavy (non-hydrogen) atoms. The van der Waals surface area contributed by atoms with Gasteiger partial charge in [-0.3, -0.25) is 4.68 Å². The molecule has 0 atom stereocenters. The first-order chi connectivity index (χ1) is 8.53. The minimum Gasteiger partial charge on any atom is -0.326 e. The molecule has 0 aromatic carbocycles. The summed E-state index contributed by atoms with van der Waals surface area (Å²) in [5.74, 6) is 0.422. The Hall–Kier alpha value is -1.29. The van der Waals surface area contributed by atoms with Gasteiger partial charge in [0.25, 0.3) is 0 Å². The maximum Gasteiger partial charge on any atom is 0.242 e. The number of aryl methyl sites for hydroxylation is 1. The molecule has 0 aliphatic rings. The molecule has 2 rings (SSSR count). The second-order valence-electron chi connectivity index (χ2n) is 3.57. The minimum atomic E-state index is -3.56. The van der Waals surface area contributed by atoms with Crippen molar-refractivity contribution in [3.63, 3.8) is 0 Å². The Bertz CT molecular complexity index is 631. The fourth-order valence-electron chi connectivity index (χ4n) is 1.42. The molecule has 3 N–H and O–H groups in total. The maximum atomic E-state index is 12.0. The van der Waals surface area contributed by atoms with Crippen LogP contribution in [0.1, 0.15) is 10.7 Å². The van der Waals surface area contributed by atoms with Crippen LogP contribution < -0.4 is 10.5 Å². The molecular weight excluding hydrogens is 274 g/mol. The number of hydrogen-bond acceptors (Lipinski definition) is 6. The van der Waals surface area contributed by atoms with Gasteiger partial charge in [-0.25, -0.2) is 18.1 Å². The van der Waals surface area contributed by atoms with Crippen molar-refractivity contribution in [1.82, 2.24) is 19.5 Å². The first-order valence-electron chi connectivity index (χ1n) is 5.13. The molecule has 7 nitrogen and oxygen atoms in total. The van der Waals surface area contributed by atoms with Gasteiger partial charge < -0.3 is 5.73 Å². The van der Waals surface area contributed by atoms with Crippen molar-refractivity contribution in [3.05, 3.63) is 28.5 Å². The third-order valence-electron chi connectivity index (χ3n) is 2.25. The second-order valence-corrected chi connectivity index (χ2v) is 6.31. The number of sulfonamides is 1. The third-order valence-corrected chi connectivity index (χ3v) is 4.81. The molecule has 2 heterocycles. The average Bonchev–Trinajstić information content (AvgIpc) is 2.95. The van der Waals surface area contributed by atoms with Gasteiger partial charge in [0.2, 0.25) is 10.0 Å². The summed E-state index contributed by atoms with van der Waals surface area (Å²) in [6.45, 7) is 0.263. The fourth-order valence-corrected chi connectivity index (χ4v) is 3.73. The van der Waals surface area contributed by atoms with Crippen LogP contribution >= 0.6 is 11.3 Å². The van der Waals surface area contributed by atoms with E-state index in [2.05, 4.69) is 14.8 Å². The van der Waals surface area contributed by atoms with Gasteiger partial charge in [0.15, 0.2) is 5.82 Å². The minimum absolute atomic E-state index is 0.0586. The molecule has 0 saturated carbocycles. The summed E-state index contributed by atoms with van der Waals surface area (Å²) >= 11 is 1.32. The van der Waals surface area contributed by atoms with Crippen LogP contribution in [0.3, 0.4) is 0 Å². The van der Waals surface area contributed by atoms with Gasteiger partial charge in [-0.15, -0.1) is 11.3 Å². The van der Waals surface area contributed by atoms with Crippen LogP contribution in [0.2, 0.25) is 0 Å². The largest absolute Gasteiger partial charge is 0.326 e. The zero-order chi connectivity index (χ0) is 13.2. The molecule has 0 unspecified atom stereocenters. The van der Waals surface area contributed by atoms with Crippen molar-refractivity contribution in [2.45, 2.75) is 18.0 Å². The van der Waals surface area contributed by atoms with E-state index in [1.54, 1.807) is 18.5 Å². The van der Waals surface area contributed by atoms with Gasteiger partial charge in [0, 0.05) is 18.5 Å². The van der Waals surface area contributed by atoms with Crippen LogP contribution in [0.15, 0.2) is 22.7 Å². The predicted molar refractivity (Wildman–Crippen MR) is 67.2 cm³/mol. The third kappa shape index (κ3) is 2.75. The molecule has 0 aliphatic carbocycles. The van der Waals surface area contributed by atoms with E-state index >= 15 is 0 Å².